The zero-order valence-electron chi connectivity index (χ0n) is 13.7. The summed E-state index contributed by atoms with van der Waals surface area (Å²) in [6.45, 7) is 0. The van der Waals surface area contributed by atoms with Gasteiger partial charge in [-0.15, -0.1) is 0 Å². The second kappa shape index (κ2) is 7.65. The molecule has 26 heavy (non-hydrogen) atoms. The maximum absolute atomic E-state index is 12.9. The third-order valence-electron chi connectivity index (χ3n) is 3.31. The first kappa shape index (κ1) is 19.6. The minimum atomic E-state index is -4.58. The molecule has 0 saturated heterocycles. The summed E-state index contributed by atoms with van der Waals surface area (Å²) < 4.78 is 73.2. The van der Waals surface area contributed by atoms with E-state index >= 15 is 0 Å². The summed E-state index contributed by atoms with van der Waals surface area (Å²) in [4.78, 5) is 1.69. The fourth-order valence-corrected chi connectivity index (χ4v) is 2.88. The number of hydrazone groups is 1. The van der Waals surface area contributed by atoms with Crippen LogP contribution in [0.3, 0.4) is 0 Å². The Labute approximate surface area is 148 Å². The van der Waals surface area contributed by atoms with Gasteiger partial charge in [0.2, 0.25) is 0 Å². The van der Waals surface area contributed by atoms with Crippen molar-refractivity contribution < 1.29 is 31.1 Å². The third kappa shape index (κ3) is 4.45. The summed E-state index contributed by atoms with van der Waals surface area (Å²) in [6.07, 6.45) is -3.79. The first-order chi connectivity index (χ1) is 12.2. The molecule has 2 aromatic rings. The topological polar surface area (TPSA) is 77.0 Å². The number of rotatable bonds is 6. The molecule has 140 valence electrons. The number of halogens is 3. The molecule has 0 saturated carbocycles. The van der Waals surface area contributed by atoms with E-state index in [9.17, 15) is 21.6 Å². The minimum Gasteiger partial charge on any atom is -0.493 e. The molecular formula is C16H15F3N2O4S. The van der Waals surface area contributed by atoms with Crippen LogP contribution in [0.2, 0.25) is 0 Å². The minimum absolute atomic E-state index is 0.182. The lowest BCUT2D eigenvalue weighted by atomic mass is 10.1. The molecule has 2 rings (SSSR count). The average molecular weight is 388 g/mol. The fraction of sp³-hybridized carbons (Fsp3) is 0.188. The highest BCUT2D eigenvalue weighted by Gasteiger charge is 2.32. The van der Waals surface area contributed by atoms with E-state index in [4.69, 9.17) is 9.47 Å². The number of alkyl halides is 3. The smallest absolute Gasteiger partial charge is 0.417 e. The Morgan fingerprint density at radius 3 is 2.31 bits per heavy atom. The quantitative estimate of drug-likeness (QED) is 0.610. The van der Waals surface area contributed by atoms with Crippen LogP contribution in [0, 0.1) is 0 Å². The largest absolute Gasteiger partial charge is 0.493 e. The van der Waals surface area contributed by atoms with Crippen molar-refractivity contribution in [3.8, 4) is 11.5 Å². The molecule has 0 unspecified atom stereocenters. The van der Waals surface area contributed by atoms with Crippen LogP contribution in [0.15, 0.2) is 52.5 Å². The molecule has 0 aliphatic rings. The van der Waals surface area contributed by atoms with E-state index in [1.54, 1.807) is 0 Å². The molecule has 0 heterocycles. The van der Waals surface area contributed by atoms with Crippen molar-refractivity contribution in [2.75, 3.05) is 14.2 Å². The van der Waals surface area contributed by atoms with E-state index in [-0.39, 0.29) is 16.2 Å². The lowest BCUT2D eigenvalue weighted by Crippen LogP contribution is -2.19. The molecule has 10 heteroatoms. The third-order valence-corrected chi connectivity index (χ3v) is 4.53. The first-order valence-electron chi connectivity index (χ1n) is 7.12. The number of ether oxygens (including phenoxy) is 2. The summed E-state index contributed by atoms with van der Waals surface area (Å²) in [6, 6.07) is 8.52. The molecule has 0 amide bonds. The van der Waals surface area contributed by atoms with Crippen molar-refractivity contribution in [1.82, 2.24) is 4.83 Å². The van der Waals surface area contributed by atoms with E-state index in [2.05, 4.69) is 5.10 Å². The molecule has 2 aromatic carbocycles. The van der Waals surface area contributed by atoms with Gasteiger partial charge < -0.3 is 9.47 Å². The summed E-state index contributed by atoms with van der Waals surface area (Å²) in [5, 5.41) is 3.43. The van der Waals surface area contributed by atoms with Crippen LogP contribution in [0.1, 0.15) is 11.1 Å². The van der Waals surface area contributed by atoms with E-state index in [1.165, 1.54) is 50.6 Å². The molecule has 0 aliphatic carbocycles. The van der Waals surface area contributed by atoms with Gasteiger partial charge in [-0.1, -0.05) is 18.2 Å². The van der Waals surface area contributed by atoms with Gasteiger partial charge in [0.1, 0.15) is 0 Å². The van der Waals surface area contributed by atoms with Crippen molar-refractivity contribution in [2.24, 2.45) is 5.10 Å². The van der Waals surface area contributed by atoms with Gasteiger partial charge >= 0.3 is 6.18 Å². The molecule has 0 fully saturated rings. The number of benzene rings is 2. The Morgan fingerprint density at radius 1 is 1.04 bits per heavy atom. The van der Waals surface area contributed by atoms with Crippen LogP contribution in [-0.4, -0.2) is 28.9 Å². The van der Waals surface area contributed by atoms with Crippen LogP contribution in [-0.2, 0) is 16.2 Å². The highest BCUT2D eigenvalue weighted by Crippen LogP contribution is 2.31. The Morgan fingerprint density at radius 2 is 1.69 bits per heavy atom. The van der Waals surface area contributed by atoms with Gasteiger partial charge in [0.25, 0.3) is 10.0 Å². The zero-order chi connectivity index (χ0) is 19.4. The number of sulfonamides is 1. The van der Waals surface area contributed by atoms with Gasteiger partial charge in [0.05, 0.1) is 30.9 Å². The zero-order valence-corrected chi connectivity index (χ0v) is 14.6. The normalized spacial score (nSPS) is 12.2. The Bertz CT molecular complexity index is 912. The molecule has 0 spiro atoms. The second-order valence-electron chi connectivity index (χ2n) is 4.95. The SMILES string of the molecule is COc1ccc(S(=O)(=O)N/N=C/c2ccccc2C(F)(F)F)cc1OC. The molecule has 1 N–H and O–H groups in total. The fourth-order valence-electron chi connectivity index (χ4n) is 2.07. The van der Waals surface area contributed by atoms with E-state index in [0.717, 1.165) is 12.3 Å². The van der Waals surface area contributed by atoms with Crippen LogP contribution in [0.25, 0.3) is 0 Å². The van der Waals surface area contributed by atoms with Gasteiger partial charge in [-0.2, -0.15) is 26.7 Å². The molecule has 6 nitrogen and oxygen atoms in total. The van der Waals surface area contributed by atoms with Gasteiger partial charge in [-0.3, -0.25) is 0 Å². The van der Waals surface area contributed by atoms with Crippen molar-refractivity contribution >= 4 is 16.2 Å². The molecule has 0 bridgehead atoms. The Balaban J connectivity index is 2.25. The summed E-state index contributed by atoms with van der Waals surface area (Å²) in [5.74, 6) is 0.510. The number of hydrogen-bond acceptors (Lipinski definition) is 5. The molecule has 0 radical (unpaired) electrons. The van der Waals surface area contributed by atoms with Gasteiger partial charge in [0.15, 0.2) is 11.5 Å². The van der Waals surface area contributed by atoms with Crippen molar-refractivity contribution in [3.05, 3.63) is 53.6 Å². The average Bonchev–Trinajstić information content (AvgIpc) is 2.60. The summed E-state index contributed by atoms with van der Waals surface area (Å²) in [5.41, 5.74) is -1.19. The van der Waals surface area contributed by atoms with Crippen molar-refractivity contribution in [1.29, 1.82) is 0 Å². The number of nitrogens with one attached hydrogen (secondary N) is 1. The number of nitrogens with zero attached hydrogens (tertiary/aromatic N) is 1. The van der Waals surface area contributed by atoms with Crippen LogP contribution < -0.4 is 14.3 Å². The van der Waals surface area contributed by atoms with Gasteiger partial charge in [-0.05, 0) is 18.2 Å². The predicted octanol–water partition coefficient (Wildman–Crippen LogP) is 3.04. The van der Waals surface area contributed by atoms with Crippen LogP contribution >= 0.6 is 0 Å². The van der Waals surface area contributed by atoms with E-state index in [0.29, 0.717) is 5.75 Å². The van der Waals surface area contributed by atoms with Crippen molar-refractivity contribution in [2.45, 2.75) is 11.1 Å². The highest BCUT2D eigenvalue weighted by atomic mass is 32.2. The van der Waals surface area contributed by atoms with E-state index < -0.39 is 21.8 Å². The maximum atomic E-state index is 12.9. The second-order valence-corrected chi connectivity index (χ2v) is 6.62. The van der Waals surface area contributed by atoms with Crippen LogP contribution in [0.5, 0.6) is 11.5 Å². The summed E-state index contributed by atoms with van der Waals surface area (Å²) >= 11 is 0. The standard InChI is InChI=1S/C16H15F3N2O4S/c1-24-14-8-7-12(9-15(14)25-2)26(22,23)21-20-10-11-5-3-4-6-13(11)16(17,18)19/h3-10,21H,1-2H3/b20-10+. The Kier molecular flexibility index (Phi) is 5.76. The molecular weight excluding hydrogens is 373 g/mol. The van der Waals surface area contributed by atoms with Crippen molar-refractivity contribution in [3.63, 3.8) is 0 Å². The van der Waals surface area contributed by atoms with Gasteiger partial charge in [-0.25, -0.2) is 4.83 Å². The van der Waals surface area contributed by atoms with E-state index in [1.807, 2.05) is 4.83 Å². The highest BCUT2D eigenvalue weighted by molar-refractivity contribution is 7.89. The molecule has 0 aromatic heterocycles. The number of methoxy groups -OCH3 is 2. The Hall–Kier alpha value is -2.75. The lowest BCUT2D eigenvalue weighted by molar-refractivity contribution is -0.137. The first-order valence-corrected chi connectivity index (χ1v) is 8.60. The summed E-state index contributed by atoms with van der Waals surface area (Å²) in [7, 11) is -1.36. The lowest BCUT2D eigenvalue weighted by Gasteiger charge is -2.10. The molecule has 0 atom stereocenters. The van der Waals surface area contributed by atoms with Gasteiger partial charge in [0, 0.05) is 11.6 Å². The molecule has 0 aliphatic heterocycles. The van der Waals surface area contributed by atoms with Crippen LogP contribution in [0.4, 0.5) is 13.2 Å². The monoisotopic (exact) mass is 388 g/mol. The predicted molar refractivity (Wildman–Crippen MR) is 88.9 cm³/mol. The number of hydrogen-bond donors (Lipinski definition) is 1. The maximum Gasteiger partial charge on any atom is 0.417 e.